The Morgan fingerprint density at radius 3 is 2.38 bits per heavy atom. The molecule has 1 N–H and O–H groups in total. The highest BCUT2D eigenvalue weighted by atomic mass is 19.4. The SMILES string of the molecule is O=C(NCc1cc(-c2ccc3ccccc3c2)on1)c1ccc(C(F)(F)F)cc1. The number of fused-ring (bicyclic) bond motifs is 1. The Balaban J connectivity index is 1.43. The molecule has 0 atom stereocenters. The number of halogens is 3. The second-order valence-electron chi connectivity index (χ2n) is 6.50. The van der Waals surface area contributed by atoms with Gasteiger partial charge < -0.3 is 9.84 Å². The highest BCUT2D eigenvalue weighted by Crippen LogP contribution is 2.29. The topological polar surface area (TPSA) is 55.1 Å². The Kier molecular flexibility index (Phi) is 4.80. The van der Waals surface area contributed by atoms with Crippen LogP contribution in [0.3, 0.4) is 0 Å². The summed E-state index contributed by atoms with van der Waals surface area (Å²) < 4.78 is 43.2. The van der Waals surface area contributed by atoms with E-state index >= 15 is 0 Å². The zero-order chi connectivity index (χ0) is 20.4. The van der Waals surface area contributed by atoms with Crippen molar-refractivity contribution in [3.05, 3.63) is 89.6 Å². The molecule has 0 aliphatic carbocycles. The molecule has 0 fully saturated rings. The van der Waals surface area contributed by atoms with Crippen molar-refractivity contribution in [3.63, 3.8) is 0 Å². The van der Waals surface area contributed by atoms with Gasteiger partial charge in [-0.25, -0.2) is 0 Å². The normalized spacial score (nSPS) is 11.6. The van der Waals surface area contributed by atoms with Crippen molar-refractivity contribution in [1.82, 2.24) is 10.5 Å². The smallest absolute Gasteiger partial charge is 0.356 e. The van der Waals surface area contributed by atoms with Gasteiger partial charge in [0, 0.05) is 17.2 Å². The lowest BCUT2D eigenvalue weighted by atomic mass is 10.1. The summed E-state index contributed by atoms with van der Waals surface area (Å²) in [5.41, 5.74) is 0.701. The first-order valence-corrected chi connectivity index (χ1v) is 8.80. The van der Waals surface area contributed by atoms with Gasteiger partial charge in [0.25, 0.3) is 5.91 Å². The van der Waals surface area contributed by atoms with Gasteiger partial charge in [-0.2, -0.15) is 13.2 Å². The monoisotopic (exact) mass is 396 g/mol. The van der Waals surface area contributed by atoms with E-state index in [9.17, 15) is 18.0 Å². The Morgan fingerprint density at radius 2 is 1.66 bits per heavy atom. The molecule has 146 valence electrons. The van der Waals surface area contributed by atoms with Gasteiger partial charge in [-0.1, -0.05) is 41.6 Å². The van der Waals surface area contributed by atoms with Crippen molar-refractivity contribution < 1.29 is 22.5 Å². The summed E-state index contributed by atoms with van der Waals surface area (Å²) in [6.07, 6.45) is -4.44. The average Bonchev–Trinajstić information content (AvgIpc) is 3.20. The molecule has 0 unspecified atom stereocenters. The van der Waals surface area contributed by atoms with E-state index in [2.05, 4.69) is 10.5 Å². The standard InChI is InChI=1S/C22H15F3N2O2/c23-22(24,25)18-9-7-15(8-10-18)21(28)26-13-19-12-20(29-27-19)17-6-5-14-3-1-2-4-16(14)11-17/h1-12H,13H2,(H,26,28). The van der Waals surface area contributed by atoms with Gasteiger partial charge in [-0.15, -0.1) is 0 Å². The van der Waals surface area contributed by atoms with E-state index in [4.69, 9.17) is 4.52 Å². The Morgan fingerprint density at radius 1 is 0.931 bits per heavy atom. The summed E-state index contributed by atoms with van der Waals surface area (Å²) in [5, 5.41) is 8.75. The first kappa shape index (κ1) is 18.7. The van der Waals surface area contributed by atoms with Gasteiger partial charge in [0.15, 0.2) is 5.76 Å². The number of benzene rings is 3. The van der Waals surface area contributed by atoms with Gasteiger partial charge in [0.2, 0.25) is 0 Å². The summed E-state index contributed by atoms with van der Waals surface area (Å²) in [6, 6.07) is 19.6. The van der Waals surface area contributed by atoms with Crippen molar-refractivity contribution in [2.75, 3.05) is 0 Å². The molecule has 0 radical (unpaired) electrons. The van der Waals surface area contributed by atoms with Gasteiger partial charge in [-0.05, 0) is 41.1 Å². The molecule has 0 saturated carbocycles. The van der Waals surface area contributed by atoms with Crippen LogP contribution < -0.4 is 5.32 Å². The summed E-state index contributed by atoms with van der Waals surface area (Å²) in [6.45, 7) is 0.0942. The first-order chi connectivity index (χ1) is 13.9. The fourth-order valence-corrected chi connectivity index (χ4v) is 2.96. The lowest BCUT2D eigenvalue weighted by Crippen LogP contribution is -2.23. The van der Waals surface area contributed by atoms with Crippen LogP contribution in [0.1, 0.15) is 21.6 Å². The van der Waals surface area contributed by atoms with E-state index in [1.54, 1.807) is 6.07 Å². The predicted molar refractivity (Wildman–Crippen MR) is 102 cm³/mol. The minimum Gasteiger partial charge on any atom is -0.356 e. The largest absolute Gasteiger partial charge is 0.416 e. The molecule has 4 nitrogen and oxygen atoms in total. The minimum absolute atomic E-state index is 0.0942. The number of nitrogens with zero attached hydrogens (tertiary/aromatic N) is 1. The van der Waals surface area contributed by atoms with E-state index in [0.29, 0.717) is 11.5 Å². The van der Waals surface area contributed by atoms with Crippen LogP contribution in [0.25, 0.3) is 22.1 Å². The number of hydrogen-bond acceptors (Lipinski definition) is 3. The van der Waals surface area contributed by atoms with Gasteiger partial charge >= 0.3 is 6.18 Å². The molecular formula is C22H15F3N2O2. The molecular weight excluding hydrogens is 381 g/mol. The highest BCUT2D eigenvalue weighted by Gasteiger charge is 2.30. The second-order valence-corrected chi connectivity index (χ2v) is 6.50. The van der Waals surface area contributed by atoms with Crippen molar-refractivity contribution in [2.24, 2.45) is 0 Å². The Labute approximate surface area is 163 Å². The maximum absolute atomic E-state index is 12.6. The van der Waals surface area contributed by atoms with Crippen LogP contribution in [0.15, 0.2) is 77.3 Å². The lowest BCUT2D eigenvalue weighted by molar-refractivity contribution is -0.137. The van der Waals surface area contributed by atoms with Crippen LogP contribution in [-0.2, 0) is 12.7 Å². The van der Waals surface area contributed by atoms with Crippen LogP contribution in [0.2, 0.25) is 0 Å². The number of aromatic nitrogens is 1. The average molecular weight is 396 g/mol. The zero-order valence-electron chi connectivity index (χ0n) is 15.0. The molecule has 29 heavy (non-hydrogen) atoms. The van der Waals surface area contributed by atoms with Crippen molar-refractivity contribution in [3.8, 4) is 11.3 Å². The first-order valence-electron chi connectivity index (χ1n) is 8.80. The predicted octanol–water partition coefficient (Wildman–Crippen LogP) is 5.44. The molecule has 4 aromatic rings. The number of amides is 1. The van der Waals surface area contributed by atoms with Crippen molar-refractivity contribution >= 4 is 16.7 Å². The molecule has 0 aliphatic heterocycles. The van der Waals surface area contributed by atoms with Crippen LogP contribution in [0.5, 0.6) is 0 Å². The third-order valence-corrected chi connectivity index (χ3v) is 4.50. The molecule has 0 spiro atoms. The number of carbonyl (C=O) groups excluding carboxylic acids is 1. The van der Waals surface area contributed by atoms with Crippen molar-refractivity contribution in [2.45, 2.75) is 12.7 Å². The quantitative estimate of drug-likeness (QED) is 0.500. The van der Waals surface area contributed by atoms with Gasteiger partial charge in [0.05, 0.1) is 12.1 Å². The molecule has 1 aromatic heterocycles. The molecule has 4 rings (SSSR count). The third-order valence-electron chi connectivity index (χ3n) is 4.50. The highest BCUT2D eigenvalue weighted by molar-refractivity contribution is 5.94. The van der Waals surface area contributed by atoms with Gasteiger partial charge in [-0.3, -0.25) is 4.79 Å². The van der Waals surface area contributed by atoms with Crippen LogP contribution in [-0.4, -0.2) is 11.1 Å². The molecule has 3 aromatic carbocycles. The van der Waals surface area contributed by atoms with E-state index < -0.39 is 17.6 Å². The molecule has 0 bridgehead atoms. The summed E-state index contributed by atoms with van der Waals surface area (Å²) >= 11 is 0. The second kappa shape index (κ2) is 7.43. The van der Waals surface area contributed by atoms with Gasteiger partial charge in [0.1, 0.15) is 5.69 Å². The number of alkyl halides is 3. The molecule has 0 saturated heterocycles. The third kappa shape index (κ3) is 4.13. The fraction of sp³-hybridized carbons (Fsp3) is 0.0909. The zero-order valence-corrected chi connectivity index (χ0v) is 15.0. The Bertz CT molecular complexity index is 1160. The molecule has 1 heterocycles. The summed E-state index contributed by atoms with van der Waals surface area (Å²) in [5.74, 6) is 0.0727. The lowest BCUT2D eigenvalue weighted by Gasteiger charge is -2.07. The molecule has 0 aliphatic rings. The maximum atomic E-state index is 12.6. The number of carbonyl (C=O) groups is 1. The van der Waals surface area contributed by atoms with E-state index in [-0.39, 0.29) is 12.1 Å². The molecule has 1 amide bonds. The number of hydrogen-bond donors (Lipinski definition) is 1. The van der Waals surface area contributed by atoms with Crippen LogP contribution in [0.4, 0.5) is 13.2 Å². The Hall–Kier alpha value is -3.61. The van der Waals surface area contributed by atoms with E-state index in [1.807, 2.05) is 42.5 Å². The van der Waals surface area contributed by atoms with Crippen LogP contribution >= 0.6 is 0 Å². The number of nitrogens with one attached hydrogen (secondary N) is 1. The van der Waals surface area contributed by atoms with Crippen molar-refractivity contribution in [1.29, 1.82) is 0 Å². The number of rotatable bonds is 4. The fourth-order valence-electron chi connectivity index (χ4n) is 2.96. The van der Waals surface area contributed by atoms with E-state index in [1.165, 1.54) is 0 Å². The minimum atomic E-state index is -4.44. The molecule has 7 heteroatoms. The van der Waals surface area contributed by atoms with E-state index in [0.717, 1.165) is 40.6 Å². The summed E-state index contributed by atoms with van der Waals surface area (Å²) in [4.78, 5) is 12.2. The van der Waals surface area contributed by atoms with Crippen LogP contribution in [0, 0.1) is 0 Å². The maximum Gasteiger partial charge on any atom is 0.416 e. The summed E-state index contributed by atoms with van der Waals surface area (Å²) in [7, 11) is 0.